The first-order chi connectivity index (χ1) is 8.70. The minimum absolute atomic E-state index is 0.0619. The molecule has 7 heteroatoms. The number of aliphatic hydroxyl groups is 1. The van der Waals surface area contributed by atoms with E-state index in [0.29, 0.717) is 18.7 Å². The molecule has 1 aromatic rings. The molecule has 1 atom stereocenters. The summed E-state index contributed by atoms with van der Waals surface area (Å²) in [4.78, 5) is 6.77. The van der Waals surface area contributed by atoms with E-state index in [9.17, 15) is 8.42 Å². The summed E-state index contributed by atoms with van der Waals surface area (Å²) >= 11 is 0. The van der Waals surface area contributed by atoms with Gasteiger partial charge in [0.1, 0.15) is 5.82 Å². The van der Waals surface area contributed by atoms with E-state index in [1.807, 2.05) is 27.7 Å². The number of H-pyrrole nitrogens is 1. The van der Waals surface area contributed by atoms with Crippen molar-refractivity contribution in [2.24, 2.45) is 5.41 Å². The lowest BCUT2D eigenvalue weighted by atomic mass is 9.86. The molecule has 3 N–H and O–H groups in total. The average molecular weight is 289 g/mol. The van der Waals surface area contributed by atoms with E-state index in [0.717, 1.165) is 0 Å². The largest absolute Gasteiger partial charge is 0.396 e. The first kappa shape index (κ1) is 16.1. The fraction of sp³-hybridized carbons (Fsp3) is 0.750. The van der Waals surface area contributed by atoms with E-state index in [2.05, 4.69) is 14.7 Å². The lowest BCUT2D eigenvalue weighted by Gasteiger charge is -2.30. The van der Waals surface area contributed by atoms with Gasteiger partial charge in [-0.25, -0.2) is 18.1 Å². The molecule has 0 fully saturated rings. The second-order valence-electron chi connectivity index (χ2n) is 5.60. The molecule has 0 aliphatic carbocycles. The first-order valence-corrected chi connectivity index (χ1v) is 7.86. The molecule has 110 valence electrons. The van der Waals surface area contributed by atoms with Crippen LogP contribution < -0.4 is 4.72 Å². The summed E-state index contributed by atoms with van der Waals surface area (Å²) in [5.41, 5.74) is -0.274. The minimum atomic E-state index is -3.63. The fourth-order valence-electron chi connectivity index (χ4n) is 1.71. The van der Waals surface area contributed by atoms with E-state index in [1.54, 1.807) is 0 Å². The second-order valence-corrected chi connectivity index (χ2v) is 7.28. The zero-order valence-corrected chi connectivity index (χ0v) is 12.7. The molecule has 0 amide bonds. The van der Waals surface area contributed by atoms with E-state index in [4.69, 9.17) is 5.11 Å². The number of rotatable bonds is 6. The van der Waals surface area contributed by atoms with Gasteiger partial charge in [0, 0.05) is 19.1 Å². The predicted molar refractivity (Wildman–Crippen MR) is 73.2 cm³/mol. The van der Waals surface area contributed by atoms with Crippen LogP contribution in [0.1, 0.15) is 39.9 Å². The van der Waals surface area contributed by atoms with Crippen LogP contribution in [-0.4, -0.2) is 36.1 Å². The maximum absolute atomic E-state index is 12.2. The van der Waals surface area contributed by atoms with Gasteiger partial charge in [0.15, 0.2) is 5.03 Å². The van der Waals surface area contributed by atoms with Gasteiger partial charge in [-0.15, -0.1) is 0 Å². The van der Waals surface area contributed by atoms with Gasteiger partial charge in [-0.05, 0) is 11.8 Å². The lowest BCUT2D eigenvalue weighted by Crippen LogP contribution is -2.44. The standard InChI is InChI=1S/C12H23N3O3S/c1-5-10-13-8-11(14-10)19(17,18)15-9(6-7-16)12(2,3)4/h8-9,15-16H,5-7H2,1-4H3,(H,13,14). The van der Waals surface area contributed by atoms with Crippen LogP contribution in [0.5, 0.6) is 0 Å². The maximum Gasteiger partial charge on any atom is 0.257 e. The Hall–Kier alpha value is -0.920. The van der Waals surface area contributed by atoms with Gasteiger partial charge < -0.3 is 10.1 Å². The van der Waals surface area contributed by atoms with Crippen molar-refractivity contribution in [2.45, 2.75) is 51.6 Å². The van der Waals surface area contributed by atoms with Crippen LogP contribution >= 0.6 is 0 Å². The van der Waals surface area contributed by atoms with Crippen molar-refractivity contribution in [1.82, 2.24) is 14.7 Å². The predicted octanol–water partition coefficient (Wildman–Crippen LogP) is 1.05. The molecule has 0 bridgehead atoms. The highest BCUT2D eigenvalue weighted by Gasteiger charge is 2.30. The molecule has 0 aliphatic rings. The normalized spacial score (nSPS) is 14.6. The highest BCUT2D eigenvalue weighted by Crippen LogP contribution is 2.23. The maximum atomic E-state index is 12.2. The number of aliphatic hydroxyl groups excluding tert-OH is 1. The van der Waals surface area contributed by atoms with Crippen LogP contribution in [0.25, 0.3) is 0 Å². The van der Waals surface area contributed by atoms with Crippen molar-refractivity contribution in [3.8, 4) is 0 Å². The van der Waals surface area contributed by atoms with Gasteiger partial charge in [0.25, 0.3) is 10.0 Å². The molecule has 1 rings (SSSR count). The summed E-state index contributed by atoms with van der Waals surface area (Å²) in [5.74, 6) is 0.634. The van der Waals surface area contributed by atoms with Crippen molar-refractivity contribution >= 4 is 10.0 Å². The molecule has 0 radical (unpaired) electrons. The molecule has 6 nitrogen and oxygen atoms in total. The number of sulfonamides is 1. The van der Waals surface area contributed by atoms with Gasteiger partial charge in [-0.3, -0.25) is 0 Å². The van der Waals surface area contributed by atoms with E-state index >= 15 is 0 Å². The minimum Gasteiger partial charge on any atom is -0.396 e. The Kier molecular flexibility index (Phi) is 5.11. The van der Waals surface area contributed by atoms with E-state index in [1.165, 1.54) is 6.20 Å². The monoisotopic (exact) mass is 289 g/mol. The van der Waals surface area contributed by atoms with Crippen molar-refractivity contribution in [2.75, 3.05) is 6.61 Å². The molecular formula is C12H23N3O3S. The van der Waals surface area contributed by atoms with Gasteiger partial charge >= 0.3 is 0 Å². The fourth-order valence-corrected chi connectivity index (χ4v) is 3.12. The Balaban J connectivity index is 2.94. The molecule has 0 aliphatic heterocycles. The SMILES string of the molecule is CCc1ncc(S(=O)(=O)NC(CCO)C(C)(C)C)[nH]1. The number of hydrogen-bond donors (Lipinski definition) is 3. The summed E-state index contributed by atoms with van der Waals surface area (Å²) in [6.07, 6.45) is 2.34. The third-order valence-corrected chi connectivity index (χ3v) is 4.37. The Bertz CT molecular complexity index is 503. The number of aromatic nitrogens is 2. The van der Waals surface area contributed by atoms with Crippen LogP contribution in [0.15, 0.2) is 11.2 Å². The number of imidazole rings is 1. The highest BCUT2D eigenvalue weighted by molar-refractivity contribution is 7.89. The molecular weight excluding hydrogens is 266 g/mol. The van der Waals surface area contributed by atoms with Gasteiger partial charge in [0.2, 0.25) is 0 Å². The Morgan fingerprint density at radius 2 is 2.11 bits per heavy atom. The zero-order valence-electron chi connectivity index (χ0n) is 11.9. The van der Waals surface area contributed by atoms with Crippen molar-refractivity contribution < 1.29 is 13.5 Å². The smallest absolute Gasteiger partial charge is 0.257 e. The molecule has 1 unspecified atom stereocenters. The number of aromatic amines is 1. The van der Waals surface area contributed by atoms with Crippen LogP contribution in [0, 0.1) is 5.41 Å². The van der Waals surface area contributed by atoms with Crippen molar-refractivity contribution in [1.29, 1.82) is 0 Å². The number of nitrogens with one attached hydrogen (secondary N) is 2. The number of nitrogens with zero attached hydrogens (tertiary/aromatic N) is 1. The Morgan fingerprint density at radius 1 is 1.47 bits per heavy atom. The zero-order chi connectivity index (χ0) is 14.7. The molecule has 0 saturated carbocycles. The van der Waals surface area contributed by atoms with Crippen molar-refractivity contribution in [3.63, 3.8) is 0 Å². The third kappa shape index (κ3) is 4.29. The van der Waals surface area contributed by atoms with Crippen LogP contribution in [0.4, 0.5) is 0 Å². The van der Waals surface area contributed by atoms with Crippen molar-refractivity contribution in [3.05, 3.63) is 12.0 Å². The highest BCUT2D eigenvalue weighted by atomic mass is 32.2. The molecule has 0 aromatic carbocycles. The lowest BCUT2D eigenvalue weighted by molar-refractivity contribution is 0.214. The second kappa shape index (κ2) is 6.02. The summed E-state index contributed by atoms with van der Waals surface area (Å²) in [6, 6.07) is -0.337. The number of aryl methyl sites for hydroxylation is 1. The Labute approximate surface area is 114 Å². The summed E-state index contributed by atoms with van der Waals surface area (Å²) in [6.45, 7) is 7.63. The van der Waals surface area contributed by atoms with Crippen LogP contribution in [0.2, 0.25) is 0 Å². The van der Waals surface area contributed by atoms with Crippen LogP contribution in [-0.2, 0) is 16.4 Å². The van der Waals surface area contributed by atoms with Gasteiger partial charge in [0.05, 0.1) is 6.20 Å². The summed E-state index contributed by atoms with van der Waals surface area (Å²) in [7, 11) is -3.63. The topological polar surface area (TPSA) is 95.1 Å². The molecule has 1 aromatic heterocycles. The quantitative estimate of drug-likeness (QED) is 0.729. The molecule has 0 saturated heterocycles. The third-order valence-electron chi connectivity index (χ3n) is 2.99. The van der Waals surface area contributed by atoms with Gasteiger partial charge in [-0.1, -0.05) is 27.7 Å². The van der Waals surface area contributed by atoms with E-state index < -0.39 is 10.0 Å². The first-order valence-electron chi connectivity index (χ1n) is 6.37. The average Bonchev–Trinajstić information content (AvgIpc) is 2.76. The van der Waals surface area contributed by atoms with Gasteiger partial charge in [-0.2, -0.15) is 0 Å². The Morgan fingerprint density at radius 3 is 2.53 bits per heavy atom. The molecule has 0 spiro atoms. The van der Waals surface area contributed by atoms with Crippen LogP contribution in [0.3, 0.4) is 0 Å². The summed E-state index contributed by atoms with van der Waals surface area (Å²) in [5, 5.41) is 9.12. The molecule has 19 heavy (non-hydrogen) atoms. The number of hydrogen-bond acceptors (Lipinski definition) is 4. The summed E-state index contributed by atoms with van der Waals surface area (Å²) < 4.78 is 27.1. The van der Waals surface area contributed by atoms with E-state index in [-0.39, 0.29) is 23.1 Å². The molecule has 1 heterocycles.